The van der Waals surface area contributed by atoms with E-state index >= 15 is 0 Å². The molecule has 2 heterocycles. The standard InChI is InChI=1S/C25H30N4O2/c1-19-8-5-12-22-24(19)26-18-29(25(22)31)15-7-13-23(30)27-21-11-6-14-28(17-21)16-20-9-3-2-4-10-20/h2-5,8-10,12,18,21H,6-7,11,13-17H2,1H3,(H,27,30)/t21-/m0/s1. The fraction of sp³-hybridized carbons (Fsp3) is 0.400. The van der Waals surface area contributed by atoms with Gasteiger partial charge in [0, 0.05) is 32.1 Å². The first kappa shape index (κ1) is 21.2. The van der Waals surface area contributed by atoms with E-state index in [4.69, 9.17) is 0 Å². The maximum absolute atomic E-state index is 12.7. The van der Waals surface area contributed by atoms with E-state index in [1.807, 2.05) is 31.2 Å². The Morgan fingerprint density at radius 3 is 2.84 bits per heavy atom. The maximum atomic E-state index is 12.7. The molecular weight excluding hydrogens is 388 g/mol. The topological polar surface area (TPSA) is 67.2 Å². The first-order chi connectivity index (χ1) is 15.1. The van der Waals surface area contributed by atoms with E-state index in [1.54, 1.807) is 10.9 Å². The second kappa shape index (κ2) is 9.88. The van der Waals surface area contributed by atoms with Crippen molar-refractivity contribution in [3.63, 3.8) is 0 Å². The lowest BCUT2D eigenvalue weighted by atomic mass is 10.0. The summed E-state index contributed by atoms with van der Waals surface area (Å²) in [6, 6.07) is 16.3. The van der Waals surface area contributed by atoms with E-state index in [1.165, 1.54) is 5.56 Å². The van der Waals surface area contributed by atoms with Crippen LogP contribution in [0.25, 0.3) is 10.9 Å². The van der Waals surface area contributed by atoms with Crippen molar-refractivity contribution in [1.82, 2.24) is 19.8 Å². The number of para-hydroxylation sites is 1. The SMILES string of the molecule is Cc1cccc2c(=O)n(CCCC(=O)N[C@H]3CCCN(Cc4ccccc4)C3)cnc12. The summed E-state index contributed by atoms with van der Waals surface area (Å²) >= 11 is 0. The van der Waals surface area contributed by atoms with Crippen LogP contribution in [0.4, 0.5) is 0 Å². The molecule has 1 atom stereocenters. The van der Waals surface area contributed by atoms with Gasteiger partial charge in [-0.05, 0) is 49.9 Å². The van der Waals surface area contributed by atoms with Crippen molar-refractivity contribution in [2.45, 2.75) is 51.7 Å². The van der Waals surface area contributed by atoms with Crippen molar-refractivity contribution >= 4 is 16.8 Å². The number of benzene rings is 2. The minimum atomic E-state index is -0.0436. The van der Waals surface area contributed by atoms with Crippen LogP contribution in [0.1, 0.15) is 36.8 Å². The number of fused-ring (bicyclic) bond motifs is 1. The van der Waals surface area contributed by atoms with Crippen molar-refractivity contribution in [2.24, 2.45) is 0 Å². The summed E-state index contributed by atoms with van der Waals surface area (Å²) < 4.78 is 1.61. The molecule has 0 spiro atoms. The Hall–Kier alpha value is -2.99. The Morgan fingerprint density at radius 2 is 2.00 bits per heavy atom. The minimum absolute atomic E-state index is 0.0436. The molecule has 6 heteroatoms. The Morgan fingerprint density at radius 1 is 1.16 bits per heavy atom. The molecule has 0 aliphatic carbocycles. The predicted molar refractivity (Wildman–Crippen MR) is 123 cm³/mol. The molecule has 162 valence electrons. The molecule has 1 aromatic heterocycles. The summed E-state index contributed by atoms with van der Waals surface area (Å²) in [5, 5.41) is 3.82. The number of hydrogen-bond donors (Lipinski definition) is 1. The maximum Gasteiger partial charge on any atom is 0.261 e. The molecule has 1 amide bonds. The summed E-state index contributed by atoms with van der Waals surface area (Å²) in [5.74, 6) is 0.0594. The lowest BCUT2D eigenvalue weighted by molar-refractivity contribution is -0.122. The highest BCUT2D eigenvalue weighted by molar-refractivity contribution is 5.80. The molecule has 1 aliphatic heterocycles. The van der Waals surface area contributed by atoms with Crippen molar-refractivity contribution in [1.29, 1.82) is 0 Å². The molecule has 0 saturated carbocycles. The van der Waals surface area contributed by atoms with Gasteiger partial charge in [-0.1, -0.05) is 42.5 Å². The lowest BCUT2D eigenvalue weighted by Gasteiger charge is -2.33. The average Bonchev–Trinajstić information content (AvgIpc) is 2.77. The number of carbonyl (C=O) groups excluding carboxylic acids is 1. The molecule has 1 N–H and O–H groups in total. The minimum Gasteiger partial charge on any atom is -0.352 e. The molecule has 1 fully saturated rings. The van der Waals surface area contributed by atoms with Gasteiger partial charge in [-0.15, -0.1) is 0 Å². The van der Waals surface area contributed by atoms with Crippen molar-refractivity contribution < 1.29 is 4.79 Å². The summed E-state index contributed by atoms with van der Waals surface area (Å²) in [7, 11) is 0. The number of nitrogens with one attached hydrogen (secondary N) is 1. The third kappa shape index (κ3) is 5.39. The van der Waals surface area contributed by atoms with E-state index in [0.29, 0.717) is 24.8 Å². The number of hydrogen-bond acceptors (Lipinski definition) is 4. The van der Waals surface area contributed by atoms with Gasteiger partial charge in [-0.25, -0.2) is 4.98 Å². The number of nitrogens with zero attached hydrogens (tertiary/aromatic N) is 3. The fourth-order valence-electron chi connectivity index (χ4n) is 4.37. The van der Waals surface area contributed by atoms with E-state index in [-0.39, 0.29) is 17.5 Å². The monoisotopic (exact) mass is 418 g/mol. The summed E-state index contributed by atoms with van der Waals surface area (Å²) in [5.41, 5.74) is 3.01. The van der Waals surface area contributed by atoms with Crippen molar-refractivity contribution in [3.8, 4) is 0 Å². The zero-order chi connectivity index (χ0) is 21.6. The molecule has 0 bridgehead atoms. The fourth-order valence-corrected chi connectivity index (χ4v) is 4.37. The van der Waals surface area contributed by atoms with E-state index in [2.05, 4.69) is 39.5 Å². The first-order valence-corrected chi connectivity index (χ1v) is 11.1. The van der Waals surface area contributed by atoms with Crippen molar-refractivity contribution in [2.75, 3.05) is 13.1 Å². The molecule has 3 aromatic rings. The van der Waals surface area contributed by atoms with Gasteiger partial charge in [0.2, 0.25) is 5.91 Å². The first-order valence-electron chi connectivity index (χ1n) is 11.1. The van der Waals surface area contributed by atoms with Crippen LogP contribution in [0.15, 0.2) is 59.7 Å². The van der Waals surface area contributed by atoms with Crippen LogP contribution in [0.3, 0.4) is 0 Å². The van der Waals surface area contributed by atoms with Gasteiger partial charge in [-0.2, -0.15) is 0 Å². The number of amides is 1. The molecule has 31 heavy (non-hydrogen) atoms. The molecule has 0 unspecified atom stereocenters. The third-order valence-electron chi connectivity index (χ3n) is 5.98. The Bertz CT molecular complexity index is 1090. The number of aryl methyl sites for hydroxylation is 2. The molecule has 2 aromatic carbocycles. The van der Waals surface area contributed by atoms with Crippen LogP contribution in [0, 0.1) is 6.92 Å². The number of aromatic nitrogens is 2. The van der Waals surface area contributed by atoms with Gasteiger partial charge in [0.05, 0.1) is 17.2 Å². The third-order valence-corrected chi connectivity index (χ3v) is 5.98. The Labute approximate surface area is 182 Å². The van der Waals surface area contributed by atoms with Crippen LogP contribution in [-0.2, 0) is 17.9 Å². The Balaban J connectivity index is 1.26. The summed E-state index contributed by atoms with van der Waals surface area (Å²) in [6.45, 7) is 5.32. The van der Waals surface area contributed by atoms with Crippen molar-refractivity contribution in [3.05, 3.63) is 76.3 Å². The normalized spacial score (nSPS) is 17.0. The molecule has 0 radical (unpaired) electrons. The van der Waals surface area contributed by atoms with Crippen LogP contribution in [0.5, 0.6) is 0 Å². The van der Waals surface area contributed by atoms with Crippen LogP contribution in [-0.4, -0.2) is 39.5 Å². The second-order valence-corrected chi connectivity index (χ2v) is 8.45. The number of carbonyl (C=O) groups is 1. The van der Waals surface area contributed by atoms with Gasteiger partial charge in [-0.3, -0.25) is 19.1 Å². The quantitative estimate of drug-likeness (QED) is 0.640. The molecular formula is C25H30N4O2. The zero-order valence-electron chi connectivity index (χ0n) is 18.1. The van der Waals surface area contributed by atoms with Gasteiger partial charge in [0.15, 0.2) is 0 Å². The molecule has 1 saturated heterocycles. The molecule has 4 rings (SSSR count). The Kier molecular flexibility index (Phi) is 6.77. The van der Waals surface area contributed by atoms with E-state index in [0.717, 1.165) is 43.6 Å². The smallest absolute Gasteiger partial charge is 0.261 e. The second-order valence-electron chi connectivity index (χ2n) is 8.45. The van der Waals surface area contributed by atoms with E-state index < -0.39 is 0 Å². The number of piperidine rings is 1. The average molecular weight is 419 g/mol. The number of rotatable bonds is 7. The highest BCUT2D eigenvalue weighted by Crippen LogP contribution is 2.14. The lowest BCUT2D eigenvalue weighted by Crippen LogP contribution is -2.47. The molecule has 6 nitrogen and oxygen atoms in total. The van der Waals surface area contributed by atoms with Gasteiger partial charge in [0.25, 0.3) is 5.56 Å². The predicted octanol–water partition coefficient (Wildman–Crippen LogP) is 3.27. The van der Waals surface area contributed by atoms with Crippen LogP contribution in [0.2, 0.25) is 0 Å². The molecule has 1 aliphatic rings. The highest BCUT2D eigenvalue weighted by Gasteiger charge is 2.21. The largest absolute Gasteiger partial charge is 0.352 e. The van der Waals surface area contributed by atoms with Gasteiger partial charge >= 0.3 is 0 Å². The zero-order valence-corrected chi connectivity index (χ0v) is 18.1. The summed E-state index contributed by atoms with van der Waals surface area (Å²) in [6.07, 6.45) is 4.73. The van der Waals surface area contributed by atoms with E-state index in [9.17, 15) is 9.59 Å². The summed E-state index contributed by atoms with van der Waals surface area (Å²) in [4.78, 5) is 32.0. The number of likely N-dealkylation sites (tertiary alicyclic amines) is 1. The van der Waals surface area contributed by atoms with Crippen LogP contribution < -0.4 is 10.9 Å². The van der Waals surface area contributed by atoms with Crippen LogP contribution >= 0.6 is 0 Å². The highest BCUT2D eigenvalue weighted by atomic mass is 16.1. The van der Waals surface area contributed by atoms with Gasteiger partial charge in [0.1, 0.15) is 0 Å². The van der Waals surface area contributed by atoms with Gasteiger partial charge < -0.3 is 5.32 Å².